The van der Waals surface area contributed by atoms with Crippen LogP contribution in [0, 0.1) is 23.7 Å². The van der Waals surface area contributed by atoms with Crippen molar-refractivity contribution in [1.82, 2.24) is 0 Å². The van der Waals surface area contributed by atoms with E-state index in [4.69, 9.17) is 0 Å². The summed E-state index contributed by atoms with van der Waals surface area (Å²) < 4.78 is 0. The van der Waals surface area contributed by atoms with E-state index >= 15 is 0 Å². The Balaban J connectivity index is 1.01. The smallest absolute Gasteiger partial charge is 0.180 e. The van der Waals surface area contributed by atoms with Gasteiger partial charge in [0.1, 0.15) is 0 Å². The van der Waals surface area contributed by atoms with Gasteiger partial charge < -0.3 is 4.90 Å². The molecule has 1 spiro atoms. The predicted molar refractivity (Wildman–Crippen MR) is 278 cm³/mol. The summed E-state index contributed by atoms with van der Waals surface area (Å²) in [5, 5.41) is 5.74. The molecule has 66 heavy (non-hydrogen) atoms. The Morgan fingerprint density at radius 2 is 0.894 bits per heavy atom. The second kappa shape index (κ2) is 14.8. The largest absolute Gasteiger partial charge is 0.310 e. The van der Waals surface area contributed by atoms with Crippen LogP contribution in [0.2, 0.25) is 0 Å². The molecule has 0 unspecified atom stereocenters. The van der Waals surface area contributed by atoms with Gasteiger partial charge in [0.2, 0.25) is 0 Å². The molecule has 1 aliphatic heterocycles. The topological polar surface area (TPSA) is 3.24 Å². The molecule has 0 amide bonds. The highest BCUT2D eigenvalue weighted by Crippen LogP contribution is 2.69. The van der Waals surface area contributed by atoms with Gasteiger partial charge in [-0.1, -0.05) is 182 Å². The molecule has 6 aliphatic rings. The molecule has 4 saturated carbocycles. The van der Waals surface area contributed by atoms with E-state index in [9.17, 15) is 0 Å². The Kier molecular flexibility index (Phi) is 8.56. The van der Waals surface area contributed by atoms with Crippen LogP contribution in [-0.4, -0.2) is 8.07 Å². The minimum absolute atomic E-state index is 0.0868. The third-order valence-corrected chi connectivity index (χ3v) is 21.8. The quantitative estimate of drug-likeness (QED) is 0.144. The number of nitrogens with zero attached hydrogens (tertiary/aromatic N) is 1. The Hall–Kier alpha value is -7.00. The van der Waals surface area contributed by atoms with E-state index in [2.05, 4.69) is 229 Å². The summed E-state index contributed by atoms with van der Waals surface area (Å²) in [6.07, 6.45) is 6.96. The number of hydrogen-bond donors (Lipinski definition) is 0. The molecule has 15 rings (SSSR count). The SMILES string of the molecule is c1ccc(-c2ccc(N(c3ccccc3)c3ccc4c(c3)[Si](c3ccccc3)(c3ccccc3)c3ccccc3-4)c(-c3ccc4c(c3)C3(c5ccccc5-4)C4CC5CC(C4)CC3C5)c2)cc1. The van der Waals surface area contributed by atoms with Gasteiger partial charge in [0, 0.05) is 22.4 Å². The molecule has 1 heterocycles. The van der Waals surface area contributed by atoms with Crippen LogP contribution in [0.15, 0.2) is 224 Å². The fourth-order valence-corrected chi connectivity index (χ4v) is 19.9. The highest BCUT2D eigenvalue weighted by Gasteiger charge is 2.61. The van der Waals surface area contributed by atoms with Crippen LogP contribution in [-0.2, 0) is 5.41 Å². The maximum Gasteiger partial charge on any atom is 0.180 e. The van der Waals surface area contributed by atoms with Gasteiger partial charge in [0.15, 0.2) is 8.07 Å². The highest BCUT2D eigenvalue weighted by molar-refractivity contribution is 7.22. The molecular weight excluding hydrogens is 811 g/mol. The lowest BCUT2D eigenvalue weighted by Gasteiger charge is -2.61. The number of anilines is 3. The van der Waals surface area contributed by atoms with Crippen molar-refractivity contribution in [3.05, 3.63) is 236 Å². The highest BCUT2D eigenvalue weighted by atomic mass is 28.3. The fourth-order valence-electron chi connectivity index (χ4n) is 14.7. The summed E-state index contributed by atoms with van der Waals surface area (Å²) in [6.45, 7) is 0. The molecule has 9 aromatic rings. The van der Waals surface area contributed by atoms with E-state index < -0.39 is 8.07 Å². The standard InChI is InChI=1S/C64H51NSi/c1-5-17-45(18-6-1)46-30-34-61(58(40-46)47-29-32-55-54-25-13-15-27-59(54)64(60(55)41-47)48-36-43-35-44(38-48)39-49(64)37-43)65(50-19-7-2-8-20-50)51-31-33-57-56-26-14-16-28-62(56)66(63(57)42-51,52-21-9-3-10-22-52)53-23-11-4-12-24-53/h1-34,40-44,48-49H,35-39H2. The Bertz CT molecular complexity index is 3250. The van der Waals surface area contributed by atoms with Gasteiger partial charge in [0.25, 0.3) is 0 Å². The van der Waals surface area contributed by atoms with E-state index in [1.54, 1.807) is 11.1 Å². The van der Waals surface area contributed by atoms with Gasteiger partial charge in [-0.3, -0.25) is 0 Å². The van der Waals surface area contributed by atoms with Crippen molar-refractivity contribution in [3.63, 3.8) is 0 Å². The summed E-state index contributed by atoms with van der Waals surface area (Å²) in [5.41, 5.74) is 17.5. The summed E-state index contributed by atoms with van der Waals surface area (Å²) >= 11 is 0. The average molecular weight is 862 g/mol. The molecule has 0 atom stereocenters. The summed E-state index contributed by atoms with van der Waals surface area (Å²) in [5.74, 6) is 3.21. The molecule has 0 N–H and O–H groups in total. The van der Waals surface area contributed by atoms with Crippen molar-refractivity contribution in [2.24, 2.45) is 23.7 Å². The number of para-hydroxylation sites is 1. The number of benzene rings is 9. The van der Waals surface area contributed by atoms with E-state index in [1.165, 1.54) is 109 Å². The first-order valence-corrected chi connectivity index (χ1v) is 26.3. The molecule has 1 nitrogen and oxygen atoms in total. The molecule has 316 valence electrons. The van der Waals surface area contributed by atoms with Crippen molar-refractivity contribution in [1.29, 1.82) is 0 Å². The Morgan fingerprint density at radius 1 is 0.348 bits per heavy atom. The molecule has 4 bridgehead atoms. The maximum absolute atomic E-state index is 2.74. The van der Waals surface area contributed by atoms with Crippen molar-refractivity contribution >= 4 is 45.9 Å². The molecule has 0 aromatic heterocycles. The lowest BCUT2D eigenvalue weighted by Crippen LogP contribution is -2.72. The van der Waals surface area contributed by atoms with Crippen LogP contribution in [0.3, 0.4) is 0 Å². The van der Waals surface area contributed by atoms with Gasteiger partial charge in [-0.2, -0.15) is 0 Å². The van der Waals surface area contributed by atoms with Crippen LogP contribution in [0.1, 0.15) is 43.2 Å². The average Bonchev–Trinajstić information content (AvgIpc) is 3.84. The number of rotatable bonds is 7. The molecule has 0 radical (unpaired) electrons. The Morgan fingerprint density at radius 3 is 1.59 bits per heavy atom. The lowest BCUT2D eigenvalue weighted by molar-refractivity contribution is -0.0399. The van der Waals surface area contributed by atoms with Crippen LogP contribution >= 0.6 is 0 Å². The minimum atomic E-state index is -2.74. The van der Waals surface area contributed by atoms with Gasteiger partial charge in [-0.25, -0.2) is 0 Å². The van der Waals surface area contributed by atoms with Crippen LogP contribution in [0.5, 0.6) is 0 Å². The fraction of sp³-hybridized carbons (Fsp3) is 0.156. The zero-order valence-electron chi connectivity index (χ0n) is 37.2. The summed E-state index contributed by atoms with van der Waals surface area (Å²) in [7, 11) is -2.74. The van der Waals surface area contributed by atoms with Gasteiger partial charge >= 0.3 is 0 Å². The zero-order valence-corrected chi connectivity index (χ0v) is 38.2. The van der Waals surface area contributed by atoms with E-state index in [0.29, 0.717) is 11.8 Å². The second-order valence-electron chi connectivity index (χ2n) is 20.0. The lowest BCUT2D eigenvalue weighted by atomic mass is 9.43. The van der Waals surface area contributed by atoms with Crippen LogP contribution in [0.4, 0.5) is 17.1 Å². The van der Waals surface area contributed by atoms with Crippen molar-refractivity contribution in [2.45, 2.75) is 37.5 Å². The van der Waals surface area contributed by atoms with E-state index in [1.807, 2.05) is 0 Å². The second-order valence-corrected chi connectivity index (χ2v) is 23.7. The van der Waals surface area contributed by atoms with Crippen molar-refractivity contribution in [3.8, 4) is 44.5 Å². The molecule has 9 aromatic carbocycles. The van der Waals surface area contributed by atoms with E-state index in [0.717, 1.165) is 17.5 Å². The third-order valence-electron chi connectivity index (χ3n) is 16.9. The Labute approximate surface area is 390 Å². The molecule has 4 fully saturated rings. The summed E-state index contributed by atoms with van der Waals surface area (Å²) in [4.78, 5) is 2.56. The summed E-state index contributed by atoms with van der Waals surface area (Å²) in [6, 6.07) is 85.9. The normalized spacial score (nSPS) is 22.1. The van der Waals surface area contributed by atoms with Gasteiger partial charge in [-0.05, 0) is 169 Å². The zero-order chi connectivity index (χ0) is 43.4. The predicted octanol–water partition coefficient (Wildman–Crippen LogP) is 13.6. The number of fused-ring (bicyclic) bond motifs is 6. The van der Waals surface area contributed by atoms with Gasteiger partial charge in [0.05, 0.1) is 5.69 Å². The van der Waals surface area contributed by atoms with Crippen LogP contribution in [0.25, 0.3) is 44.5 Å². The maximum atomic E-state index is 2.68. The molecule has 2 heteroatoms. The monoisotopic (exact) mass is 861 g/mol. The van der Waals surface area contributed by atoms with Crippen molar-refractivity contribution < 1.29 is 0 Å². The molecular formula is C64H51NSi. The first-order chi connectivity index (χ1) is 32.7. The minimum Gasteiger partial charge on any atom is -0.310 e. The third kappa shape index (κ3) is 5.40. The molecule has 5 aliphatic carbocycles. The number of hydrogen-bond acceptors (Lipinski definition) is 1. The van der Waals surface area contributed by atoms with Crippen molar-refractivity contribution in [2.75, 3.05) is 4.90 Å². The van der Waals surface area contributed by atoms with Gasteiger partial charge in [-0.15, -0.1) is 0 Å². The first kappa shape index (κ1) is 38.3. The van der Waals surface area contributed by atoms with E-state index in [-0.39, 0.29) is 5.41 Å². The van der Waals surface area contributed by atoms with Crippen LogP contribution < -0.4 is 25.6 Å². The first-order valence-electron chi connectivity index (χ1n) is 24.3. The molecule has 0 saturated heterocycles.